The Morgan fingerprint density at radius 1 is 1.59 bits per heavy atom. The smallest absolute Gasteiger partial charge is 0.325 e. The van der Waals surface area contributed by atoms with Gasteiger partial charge in [-0.1, -0.05) is 6.04 Å². The number of carbonyl (C=O) groups excluding carboxylic acids is 1. The van der Waals surface area contributed by atoms with E-state index in [1.54, 1.807) is 0 Å². The van der Waals surface area contributed by atoms with Gasteiger partial charge in [-0.3, -0.25) is 4.79 Å². The molecule has 0 saturated heterocycles. The summed E-state index contributed by atoms with van der Waals surface area (Å²) in [6, 6.07) is -5.32. The highest BCUT2D eigenvalue weighted by Gasteiger charge is 2.25. The highest BCUT2D eigenvalue weighted by Crippen LogP contribution is 2.28. The molecular formula is C11H15NO5. The number of aliphatic hydroxyl groups excluding tert-OH is 1. The zero-order chi connectivity index (χ0) is 16.5. The van der Waals surface area contributed by atoms with Crippen LogP contribution in [0.1, 0.15) is 24.1 Å². The lowest BCUT2D eigenvalue weighted by molar-refractivity contribution is -0.147. The van der Waals surface area contributed by atoms with Crippen LogP contribution in [0.25, 0.3) is 0 Å². The van der Waals surface area contributed by atoms with Crippen LogP contribution in [0.3, 0.4) is 0 Å². The van der Waals surface area contributed by atoms with Gasteiger partial charge in [0.1, 0.15) is 12.1 Å². The fourth-order valence-electron chi connectivity index (χ4n) is 1.02. The summed E-state index contributed by atoms with van der Waals surface area (Å²) in [6.07, 6.45) is -2.20. The van der Waals surface area contributed by atoms with E-state index in [9.17, 15) is 20.1 Å². The number of carbonyl (C=O) groups is 1. The van der Waals surface area contributed by atoms with Crippen LogP contribution >= 0.6 is 0 Å². The number of aromatic hydroxyl groups is 2. The van der Waals surface area contributed by atoms with Gasteiger partial charge in [0.05, 0.1) is 12.1 Å². The molecule has 0 saturated carbocycles. The van der Waals surface area contributed by atoms with Crippen molar-refractivity contribution in [3.63, 3.8) is 0 Å². The van der Waals surface area contributed by atoms with E-state index in [4.69, 9.17) is 11.2 Å². The number of aliphatic hydroxyl groups is 1. The second kappa shape index (κ2) is 5.51. The number of hydrogen-bond acceptors (Lipinski definition) is 6. The first-order valence-electron chi connectivity index (χ1n) is 6.73. The molecule has 6 nitrogen and oxygen atoms in total. The highest BCUT2D eigenvalue weighted by atomic mass is 16.5. The summed E-state index contributed by atoms with van der Waals surface area (Å²) in [6.45, 7) is 1.36. The van der Waals surface area contributed by atoms with Crippen molar-refractivity contribution in [2.24, 2.45) is 5.73 Å². The summed E-state index contributed by atoms with van der Waals surface area (Å²) >= 11 is 0. The Morgan fingerprint density at radius 2 is 2.24 bits per heavy atom. The van der Waals surface area contributed by atoms with Crippen molar-refractivity contribution in [1.29, 1.82) is 0 Å². The molecule has 0 radical (unpaired) electrons. The number of nitrogens with two attached hydrogens (primary N) is 1. The van der Waals surface area contributed by atoms with E-state index in [0.29, 0.717) is 0 Å². The van der Waals surface area contributed by atoms with Crippen LogP contribution in [0, 0.1) is 0 Å². The van der Waals surface area contributed by atoms with E-state index in [-0.39, 0.29) is 6.61 Å². The predicted molar refractivity (Wildman–Crippen MR) is 59.3 cm³/mol. The first-order valence-corrected chi connectivity index (χ1v) is 4.73. The van der Waals surface area contributed by atoms with E-state index < -0.39 is 53.3 Å². The van der Waals surface area contributed by atoms with Gasteiger partial charge in [0.25, 0.3) is 0 Å². The SMILES string of the molecule is [2H]c1c([2H])c([C@H](O)[C@]([2H])(N)C(=O)OCC)c([2H])c(O)c1O. The van der Waals surface area contributed by atoms with E-state index in [1.807, 2.05) is 0 Å². The van der Waals surface area contributed by atoms with Gasteiger partial charge >= 0.3 is 5.97 Å². The first-order chi connectivity index (χ1) is 9.57. The maximum absolute atomic E-state index is 11.6. The summed E-state index contributed by atoms with van der Waals surface area (Å²) in [4.78, 5) is 11.6. The van der Waals surface area contributed by atoms with Crippen LogP contribution < -0.4 is 5.73 Å². The molecule has 0 bridgehead atoms. The number of phenolic OH excluding ortho intramolecular Hbond substituents is 2. The molecule has 17 heavy (non-hydrogen) atoms. The summed E-state index contributed by atoms with van der Waals surface area (Å²) in [5.41, 5.74) is 4.65. The minimum Gasteiger partial charge on any atom is -0.504 e. The summed E-state index contributed by atoms with van der Waals surface area (Å²) in [5.74, 6) is -3.36. The Labute approximate surface area is 104 Å². The molecule has 0 unspecified atom stereocenters. The molecule has 6 heteroatoms. The summed E-state index contributed by atoms with van der Waals surface area (Å²) in [7, 11) is 0. The zero-order valence-electron chi connectivity index (χ0n) is 13.0. The molecule has 1 aromatic carbocycles. The molecule has 1 rings (SSSR count). The van der Waals surface area contributed by atoms with Gasteiger partial charge in [0.15, 0.2) is 11.5 Å². The maximum Gasteiger partial charge on any atom is 0.325 e. The number of rotatable bonds is 4. The average Bonchev–Trinajstić information content (AvgIpc) is 2.43. The van der Waals surface area contributed by atoms with E-state index in [2.05, 4.69) is 4.74 Å². The van der Waals surface area contributed by atoms with Crippen molar-refractivity contribution in [3.8, 4) is 11.5 Å². The van der Waals surface area contributed by atoms with Gasteiger partial charge in [-0.25, -0.2) is 0 Å². The van der Waals surface area contributed by atoms with E-state index >= 15 is 0 Å². The normalized spacial score (nSPS) is 19.2. The summed E-state index contributed by atoms with van der Waals surface area (Å²) in [5, 5.41) is 28.8. The third-order valence-corrected chi connectivity index (χ3v) is 1.87. The van der Waals surface area contributed by atoms with Crippen molar-refractivity contribution >= 4 is 5.97 Å². The Balaban J connectivity index is 3.44. The molecule has 0 aliphatic carbocycles. The van der Waals surface area contributed by atoms with Crippen molar-refractivity contribution in [3.05, 3.63) is 23.7 Å². The lowest BCUT2D eigenvalue weighted by Crippen LogP contribution is -2.38. The molecule has 94 valence electrons. The number of benzene rings is 1. The van der Waals surface area contributed by atoms with Gasteiger partial charge < -0.3 is 25.8 Å². The van der Waals surface area contributed by atoms with Gasteiger partial charge in [0, 0.05) is 0 Å². The largest absolute Gasteiger partial charge is 0.504 e. The van der Waals surface area contributed by atoms with E-state index in [1.165, 1.54) is 6.92 Å². The molecule has 0 aliphatic rings. The molecule has 0 spiro atoms. The molecular weight excluding hydrogens is 226 g/mol. The monoisotopic (exact) mass is 245 g/mol. The van der Waals surface area contributed by atoms with Crippen LogP contribution in [0.4, 0.5) is 0 Å². The lowest BCUT2D eigenvalue weighted by atomic mass is 10.0. The Kier molecular flexibility index (Phi) is 2.70. The van der Waals surface area contributed by atoms with Crippen LogP contribution in [0.15, 0.2) is 18.1 Å². The van der Waals surface area contributed by atoms with Crippen LogP contribution in [-0.4, -0.2) is 33.9 Å². The molecule has 5 N–H and O–H groups in total. The third-order valence-electron chi connectivity index (χ3n) is 1.87. The first kappa shape index (κ1) is 8.32. The standard InChI is InChI=1S/C11H15NO5/c1-2-17-11(16)9(12)10(15)6-3-4-7(13)8(14)5-6/h3-5,9-10,13-15H,2,12H2,1H3/t9-,10-/m0/s1/i3D,4D,5D,9D. The molecule has 0 amide bonds. The molecule has 2 atom stereocenters. The third kappa shape index (κ3) is 3.08. The van der Waals surface area contributed by atoms with Gasteiger partial charge in [-0.15, -0.1) is 0 Å². The maximum atomic E-state index is 11.6. The van der Waals surface area contributed by atoms with Crippen molar-refractivity contribution in [2.75, 3.05) is 6.61 Å². The van der Waals surface area contributed by atoms with Gasteiger partial charge in [-0.05, 0) is 24.6 Å². The lowest BCUT2D eigenvalue weighted by Gasteiger charge is -2.17. The summed E-state index contributed by atoms with van der Waals surface area (Å²) < 4.78 is 34.7. The van der Waals surface area contributed by atoms with Crippen molar-refractivity contribution in [2.45, 2.75) is 19.0 Å². The fraction of sp³-hybridized carbons (Fsp3) is 0.364. The molecule has 1 aromatic rings. The van der Waals surface area contributed by atoms with Crippen LogP contribution in [0.5, 0.6) is 11.5 Å². The average molecular weight is 245 g/mol. The second-order valence-corrected chi connectivity index (χ2v) is 3.06. The fourth-order valence-corrected chi connectivity index (χ4v) is 1.02. The molecule has 0 fully saturated rings. The predicted octanol–water partition coefficient (Wildman–Crippen LogP) is 0.0216. The van der Waals surface area contributed by atoms with Crippen LogP contribution in [-0.2, 0) is 9.53 Å². The van der Waals surface area contributed by atoms with E-state index in [0.717, 1.165) is 0 Å². The Bertz CT molecular complexity index is 549. The second-order valence-electron chi connectivity index (χ2n) is 3.06. The molecule has 0 aromatic heterocycles. The molecule has 0 aliphatic heterocycles. The van der Waals surface area contributed by atoms with Crippen molar-refractivity contribution < 1.29 is 30.3 Å². The molecule has 0 heterocycles. The Hall–Kier alpha value is -1.79. The van der Waals surface area contributed by atoms with Gasteiger partial charge in [0.2, 0.25) is 0 Å². The quantitative estimate of drug-likeness (QED) is 0.439. The van der Waals surface area contributed by atoms with Crippen LogP contribution in [0.2, 0.25) is 0 Å². The van der Waals surface area contributed by atoms with Crippen molar-refractivity contribution in [1.82, 2.24) is 0 Å². The minimum atomic E-state index is -2.74. The minimum absolute atomic E-state index is 0.102. The zero-order valence-corrected chi connectivity index (χ0v) is 9.02. The van der Waals surface area contributed by atoms with Gasteiger partial charge in [-0.2, -0.15) is 0 Å². The Morgan fingerprint density at radius 3 is 2.82 bits per heavy atom. The number of ether oxygens (including phenoxy) is 1. The highest BCUT2D eigenvalue weighted by molar-refractivity contribution is 5.76. The number of phenols is 2. The number of hydrogen-bond donors (Lipinski definition) is 4. The topological polar surface area (TPSA) is 113 Å². The number of esters is 1.